The summed E-state index contributed by atoms with van der Waals surface area (Å²) in [5.74, 6) is 1.95. The Balaban J connectivity index is 1.05. The summed E-state index contributed by atoms with van der Waals surface area (Å²) in [5.41, 5.74) is 3.53. The van der Waals surface area contributed by atoms with Crippen LogP contribution in [-0.4, -0.2) is 47.1 Å². The lowest BCUT2D eigenvalue weighted by atomic mass is 9.65. The summed E-state index contributed by atoms with van der Waals surface area (Å²) >= 11 is 0. The van der Waals surface area contributed by atoms with Gasteiger partial charge >= 0.3 is 0 Å². The van der Waals surface area contributed by atoms with E-state index in [2.05, 4.69) is 64.4 Å². The molecule has 2 aliphatic heterocycles. The van der Waals surface area contributed by atoms with Crippen LogP contribution in [0.25, 0.3) is 0 Å². The lowest BCUT2D eigenvalue weighted by Crippen LogP contribution is -2.58. The van der Waals surface area contributed by atoms with Crippen molar-refractivity contribution in [2.24, 2.45) is 11.8 Å². The smallest absolute Gasteiger partial charge is 0.0951 e. The molecule has 0 amide bonds. The molecule has 4 aliphatic rings. The van der Waals surface area contributed by atoms with E-state index in [9.17, 15) is 5.11 Å². The number of piperidine rings is 1. The molecule has 182 valence electrons. The standard InChI is InChI=1S/C31H42N2O/c34-31(28-8-2-1-3-9-28)16-19-33(30-11-5-4-10-29(30)31)23-25-20-27(21-25)26-14-12-24(13-15-26)22-32-17-6-7-18-32/h1-3,8-9,12-15,25,27,29-30,34H,4-7,10-11,16-23H2/t25-,27-,29-,30?,31+/m0/s1. The second-order valence-electron chi connectivity index (χ2n) is 11.8. The Kier molecular flexibility index (Phi) is 6.53. The molecule has 0 radical (unpaired) electrons. The molecule has 2 aromatic rings. The normalized spacial score (nSPS) is 34.5. The molecule has 2 aromatic carbocycles. The summed E-state index contributed by atoms with van der Waals surface area (Å²) in [6.07, 6.45) is 11.3. The Hall–Kier alpha value is -1.68. The molecule has 34 heavy (non-hydrogen) atoms. The Morgan fingerprint density at radius 3 is 2.32 bits per heavy atom. The molecule has 1 unspecified atom stereocenters. The number of fused-ring (bicyclic) bond motifs is 1. The zero-order valence-corrected chi connectivity index (χ0v) is 20.7. The van der Waals surface area contributed by atoms with Gasteiger partial charge in [-0.05, 0) is 86.6 Å². The van der Waals surface area contributed by atoms with Gasteiger partial charge in [-0.25, -0.2) is 0 Å². The van der Waals surface area contributed by atoms with Gasteiger partial charge < -0.3 is 5.11 Å². The first-order chi connectivity index (χ1) is 16.7. The molecule has 3 heteroatoms. The van der Waals surface area contributed by atoms with Crippen LogP contribution in [-0.2, 0) is 12.1 Å². The van der Waals surface area contributed by atoms with Crippen molar-refractivity contribution in [1.82, 2.24) is 9.80 Å². The summed E-state index contributed by atoms with van der Waals surface area (Å²) in [6.45, 7) is 5.94. The SMILES string of the molecule is O[C@@]1(c2ccccc2)CCN(C[C@H]2C[C@H](c3ccc(CN4CCCC4)cc3)C2)C2CCCC[C@@H]21. The monoisotopic (exact) mass is 458 g/mol. The van der Waals surface area contributed by atoms with Crippen molar-refractivity contribution in [2.75, 3.05) is 26.2 Å². The summed E-state index contributed by atoms with van der Waals surface area (Å²) in [6, 6.07) is 20.7. The van der Waals surface area contributed by atoms with Gasteiger partial charge in [-0.2, -0.15) is 0 Å². The molecular formula is C31H42N2O. The van der Waals surface area contributed by atoms with Gasteiger partial charge in [-0.3, -0.25) is 9.80 Å². The van der Waals surface area contributed by atoms with E-state index in [1.165, 1.54) is 76.6 Å². The number of hydrogen-bond acceptors (Lipinski definition) is 3. The molecule has 2 saturated heterocycles. The summed E-state index contributed by atoms with van der Waals surface area (Å²) < 4.78 is 0. The third-order valence-corrected chi connectivity index (χ3v) is 9.65. The molecule has 4 fully saturated rings. The highest BCUT2D eigenvalue weighted by Crippen LogP contribution is 2.49. The van der Waals surface area contributed by atoms with Crippen LogP contribution < -0.4 is 0 Å². The minimum atomic E-state index is -0.637. The predicted molar refractivity (Wildman–Crippen MR) is 139 cm³/mol. The van der Waals surface area contributed by atoms with Gasteiger partial charge in [0.25, 0.3) is 0 Å². The molecule has 6 rings (SSSR count). The Morgan fingerprint density at radius 1 is 0.824 bits per heavy atom. The van der Waals surface area contributed by atoms with Crippen molar-refractivity contribution >= 4 is 0 Å². The fraction of sp³-hybridized carbons (Fsp3) is 0.613. The molecule has 1 N–H and O–H groups in total. The third kappa shape index (κ3) is 4.47. The Labute approximate surface area is 206 Å². The Bertz CT molecular complexity index is 932. The minimum absolute atomic E-state index is 0.386. The van der Waals surface area contributed by atoms with Crippen LogP contribution in [0.3, 0.4) is 0 Å². The maximum absolute atomic E-state index is 11.8. The van der Waals surface area contributed by atoms with Crippen LogP contribution in [0.5, 0.6) is 0 Å². The molecule has 2 heterocycles. The van der Waals surface area contributed by atoms with E-state index in [4.69, 9.17) is 0 Å². The number of hydrogen-bond donors (Lipinski definition) is 1. The topological polar surface area (TPSA) is 26.7 Å². The highest BCUT2D eigenvalue weighted by molar-refractivity contribution is 5.28. The van der Waals surface area contributed by atoms with E-state index in [0.29, 0.717) is 12.0 Å². The fourth-order valence-electron chi connectivity index (χ4n) is 7.67. The zero-order valence-electron chi connectivity index (χ0n) is 20.7. The number of aliphatic hydroxyl groups is 1. The average molecular weight is 459 g/mol. The van der Waals surface area contributed by atoms with Crippen LogP contribution in [0.1, 0.15) is 80.4 Å². The van der Waals surface area contributed by atoms with Crippen LogP contribution in [0.15, 0.2) is 54.6 Å². The number of nitrogens with zero attached hydrogens (tertiary/aromatic N) is 2. The summed E-state index contributed by atoms with van der Waals surface area (Å²) in [7, 11) is 0. The average Bonchev–Trinajstić information content (AvgIpc) is 3.37. The molecule has 0 bridgehead atoms. The van der Waals surface area contributed by atoms with Crippen molar-refractivity contribution in [3.05, 3.63) is 71.3 Å². The van der Waals surface area contributed by atoms with Gasteiger partial charge in [-0.15, -0.1) is 0 Å². The highest BCUT2D eigenvalue weighted by atomic mass is 16.3. The maximum Gasteiger partial charge on any atom is 0.0951 e. The minimum Gasteiger partial charge on any atom is -0.385 e. The van der Waals surface area contributed by atoms with Gasteiger partial charge in [0.2, 0.25) is 0 Å². The van der Waals surface area contributed by atoms with E-state index >= 15 is 0 Å². The van der Waals surface area contributed by atoms with Gasteiger partial charge in [0, 0.05) is 31.6 Å². The quantitative estimate of drug-likeness (QED) is 0.581. The molecular weight excluding hydrogens is 416 g/mol. The van der Waals surface area contributed by atoms with Crippen molar-refractivity contribution in [2.45, 2.75) is 81.9 Å². The first kappa shape index (κ1) is 22.8. The largest absolute Gasteiger partial charge is 0.385 e. The predicted octanol–water partition coefficient (Wildman–Crippen LogP) is 5.93. The number of benzene rings is 2. The highest BCUT2D eigenvalue weighted by Gasteiger charge is 2.49. The molecule has 3 nitrogen and oxygen atoms in total. The Morgan fingerprint density at radius 2 is 1.56 bits per heavy atom. The first-order valence-corrected chi connectivity index (χ1v) is 14.0. The second kappa shape index (κ2) is 9.76. The number of likely N-dealkylation sites (tertiary alicyclic amines) is 2. The van der Waals surface area contributed by atoms with Crippen molar-refractivity contribution in [3.63, 3.8) is 0 Å². The van der Waals surface area contributed by atoms with Crippen LogP contribution in [0.4, 0.5) is 0 Å². The van der Waals surface area contributed by atoms with Gasteiger partial charge in [-0.1, -0.05) is 67.4 Å². The van der Waals surface area contributed by atoms with Gasteiger partial charge in [0.05, 0.1) is 5.60 Å². The molecule has 2 saturated carbocycles. The van der Waals surface area contributed by atoms with Gasteiger partial charge in [0.1, 0.15) is 0 Å². The van der Waals surface area contributed by atoms with E-state index in [1.807, 2.05) is 0 Å². The maximum atomic E-state index is 11.8. The van der Waals surface area contributed by atoms with Gasteiger partial charge in [0.15, 0.2) is 0 Å². The van der Waals surface area contributed by atoms with Crippen LogP contribution in [0, 0.1) is 11.8 Å². The van der Waals surface area contributed by atoms with Crippen LogP contribution in [0.2, 0.25) is 0 Å². The second-order valence-corrected chi connectivity index (χ2v) is 11.8. The molecule has 0 aromatic heterocycles. The molecule has 0 spiro atoms. The lowest BCUT2D eigenvalue weighted by Gasteiger charge is -2.54. The van der Waals surface area contributed by atoms with Crippen molar-refractivity contribution in [3.8, 4) is 0 Å². The van der Waals surface area contributed by atoms with E-state index < -0.39 is 5.60 Å². The zero-order chi connectivity index (χ0) is 23.0. The van der Waals surface area contributed by atoms with Crippen molar-refractivity contribution < 1.29 is 5.11 Å². The first-order valence-electron chi connectivity index (χ1n) is 14.0. The molecule has 3 atom stereocenters. The number of rotatable bonds is 6. The fourth-order valence-corrected chi connectivity index (χ4v) is 7.67. The lowest BCUT2D eigenvalue weighted by molar-refractivity contribution is -0.125. The summed E-state index contributed by atoms with van der Waals surface area (Å²) in [4.78, 5) is 5.37. The van der Waals surface area contributed by atoms with E-state index in [-0.39, 0.29) is 0 Å². The molecule has 2 aliphatic carbocycles. The van der Waals surface area contributed by atoms with Crippen LogP contribution >= 0.6 is 0 Å². The van der Waals surface area contributed by atoms with E-state index in [1.54, 1.807) is 5.56 Å². The van der Waals surface area contributed by atoms with E-state index in [0.717, 1.165) is 36.9 Å². The third-order valence-electron chi connectivity index (χ3n) is 9.65. The van der Waals surface area contributed by atoms with Crippen molar-refractivity contribution in [1.29, 1.82) is 0 Å². The summed E-state index contributed by atoms with van der Waals surface area (Å²) in [5, 5.41) is 11.8.